The van der Waals surface area contributed by atoms with E-state index in [9.17, 15) is 5.11 Å². The summed E-state index contributed by atoms with van der Waals surface area (Å²) in [7, 11) is 0. The Balaban J connectivity index is 1.81. The summed E-state index contributed by atoms with van der Waals surface area (Å²) in [5, 5.41) is 17.3. The fourth-order valence-corrected chi connectivity index (χ4v) is 4.48. The van der Waals surface area contributed by atoms with Crippen molar-refractivity contribution >= 4 is 10.8 Å². The van der Waals surface area contributed by atoms with Crippen LogP contribution in [0.3, 0.4) is 0 Å². The Morgan fingerprint density at radius 2 is 1.75 bits per heavy atom. The van der Waals surface area contributed by atoms with Gasteiger partial charge in [0, 0.05) is 17.8 Å². The van der Waals surface area contributed by atoms with Crippen molar-refractivity contribution in [3.8, 4) is 0 Å². The smallest absolute Gasteiger partial charge is 0.0953 e. The maximum atomic E-state index is 11.5. The van der Waals surface area contributed by atoms with Gasteiger partial charge in [0.2, 0.25) is 0 Å². The Kier molecular flexibility index (Phi) is 2.69. The molecule has 0 radical (unpaired) electrons. The molecule has 2 heterocycles. The van der Waals surface area contributed by atoms with Gasteiger partial charge in [0.15, 0.2) is 0 Å². The van der Waals surface area contributed by atoms with Gasteiger partial charge < -0.3 is 15.4 Å². The third kappa shape index (κ3) is 1.60. The summed E-state index contributed by atoms with van der Waals surface area (Å²) in [4.78, 5) is 3.15. The predicted molar refractivity (Wildman–Crippen MR) is 80.6 cm³/mol. The van der Waals surface area contributed by atoms with Gasteiger partial charge in [0.25, 0.3) is 0 Å². The van der Waals surface area contributed by atoms with Gasteiger partial charge in [-0.3, -0.25) is 0 Å². The summed E-state index contributed by atoms with van der Waals surface area (Å²) in [6.45, 7) is 2.07. The lowest BCUT2D eigenvalue weighted by Gasteiger charge is -2.45. The molecule has 2 fully saturated rings. The average Bonchev–Trinajstić information content (AvgIpc) is 3.06. The Morgan fingerprint density at radius 1 is 0.950 bits per heavy atom. The van der Waals surface area contributed by atoms with Crippen LogP contribution >= 0.6 is 0 Å². The summed E-state index contributed by atoms with van der Waals surface area (Å²) < 4.78 is 0. The quantitative estimate of drug-likeness (QED) is 0.746. The fourth-order valence-electron chi connectivity index (χ4n) is 4.48. The maximum absolute atomic E-state index is 11.5. The minimum atomic E-state index is -0.638. The lowest BCUT2D eigenvalue weighted by molar-refractivity contribution is -0.0832. The van der Waals surface area contributed by atoms with Crippen LogP contribution in [0, 0.1) is 5.41 Å². The van der Waals surface area contributed by atoms with Crippen LogP contribution in [0.25, 0.3) is 10.8 Å². The number of aliphatic hydroxyl groups is 1. The molecule has 0 bridgehead atoms. The highest BCUT2D eigenvalue weighted by Crippen LogP contribution is 2.57. The van der Waals surface area contributed by atoms with E-state index in [0.29, 0.717) is 0 Å². The van der Waals surface area contributed by atoms with E-state index in [-0.39, 0.29) is 5.41 Å². The number of H-pyrrole nitrogens is 1. The van der Waals surface area contributed by atoms with Crippen LogP contribution < -0.4 is 5.32 Å². The average molecular weight is 270 g/mol. The molecular formula is C17H22N2O. The van der Waals surface area contributed by atoms with Crippen LogP contribution in [-0.2, 0) is 5.60 Å². The van der Waals surface area contributed by atoms with Crippen LogP contribution in [0.5, 0.6) is 0 Å². The highest BCUT2D eigenvalue weighted by Gasteiger charge is 2.54. The maximum Gasteiger partial charge on any atom is 0.0953 e. The monoisotopic (exact) mass is 270 g/mol. The van der Waals surface area contributed by atoms with Crippen molar-refractivity contribution in [3.05, 3.63) is 36.2 Å². The number of aromatic nitrogens is 1. The van der Waals surface area contributed by atoms with E-state index in [2.05, 4.69) is 28.5 Å². The van der Waals surface area contributed by atoms with E-state index in [1.807, 2.05) is 12.4 Å². The molecule has 1 saturated heterocycles. The number of hydrogen-bond acceptors (Lipinski definition) is 2. The molecule has 1 atom stereocenters. The van der Waals surface area contributed by atoms with Gasteiger partial charge in [-0.1, -0.05) is 12.1 Å². The molecule has 1 saturated carbocycles. The highest BCUT2D eigenvalue weighted by molar-refractivity contribution is 5.82. The third-order valence-electron chi connectivity index (χ3n) is 5.67. The number of rotatable bonds is 1. The summed E-state index contributed by atoms with van der Waals surface area (Å²) in [6, 6.07) is 6.44. The van der Waals surface area contributed by atoms with Crippen LogP contribution in [0.4, 0.5) is 0 Å². The van der Waals surface area contributed by atoms with Crippen molar-refractivity contribution in [3.63, 3.8) is 0 Å². The van der Waals surface area contributed by atoms with Gasteiger partial charge >= 0.3 is 0 Å². The molecule has 0 amide bonds. The molecule has 1 aliphatic heterocycles. The number of aromatic amines is 1. The number of hydrogen-bond donors (Lipinski definition) is 3. The van der Waals surface area contributed by atoms with E-state index < -0.39 is 5.60 Å². The van der Waals surface area contributed by atoms with Gasteiger partial charge in [-0.25, -0.2) is 0 Å². The molecule has 3 heteroatoms. The molecule has 20 heavy (non-hydrogen) atoms. The molecular weight excluding hydrogens is 248 g/mol. The number of fused-ring (bicyclic) bond motifs is 1. The molecule has 4 rings (SSSR count). The zero-order valence-electron chi connectivity index (χ0n) is 11.8. The number of nitrogens with one attached hydrogen (secondary N) is 2. The first-order valence-corrected chi connectivity index (χ1v) is 7.74. The summed E-state index contributed by atoms with van der Waals surface area (Å²) >= 11 is 0. The SMILES string of the molecule is OC1(c2ccc3c[nH]cc3c2)CCCC12CCNCC2. The predicted octanol–water partition coefficient (Wildman–Crippen LogP) is 2.91. The second kappa shape index (κ2) is 4.34. The zero-order chi connectivity index (χ0) is 13.6. The van der Waals surface area contributed by atoms with Crippen LogP contribution in [0.15, 0.2) is 30.6 Å². The number of piperidine rings is 1. The van der Waals surface area contributed by atoms with Gasteiger partial charge in [0.1, 0.15) is 0 Å². The second-order valence-electron chi connectivity index (χ2n) is 6.54. The third-order valence-corrected chi connectivity index (χ3v) is 5.67. The van der Waals surface area contributed by atoms with Crippen molar-refractivity contribution in [2.75, 3.05) is 13.1 Å². The molecule has 1 unspecified atom stereocenters. The van der Waals surface area contributed by atoms with E-state index in [1.165, 1.54) is 10.8 Å². The molecule has 2 aliphatic rings. The van der Waals surface area contributed by atoms with Crippen molar-refractivity contribution in [1.29, 1.82) is 0 Å². The molecule has 1 aromatic carbocycles. The summed E-state index contributed by atoms with van der Waals surface area (Å²) in [5.41, 5.74) is 0.562. The molecule has 3 nitrogen and oxygen atoms in total. The van der Waals surface area contributed by atoms with E-state index in [0.717, 1.165) is 50.8 Å². The van der Waals surface area contributed by atoms with Crippen molar-refractivity contribution < 1.29 is 5.11 Å². The Hall–Kier alpha value is -1.32. The Morgan fingerprint density at radius 3 is 2.60 bits per heavy atom. The largest absolute Gasteiger partial charge is 0.385 e. The molecule has 1 aromatic heterocycles. The van der Waals surface area contributed by atoms with Crippen molar-refractivity contribution in [2.24, 2.45) is 5.41 Å². The van der Waals surface area contributed by atoms with E-state index >= 15 is 0 Å². The molecule has 1 aliphatic carbocycles. The van der Waals surface area contributed by atoms with Crippen LogP contribution in [-0.4, -0.2) is 23.2 Å². The first kappa shape index (κ1) is 12.4. The fraction of sp³-hybridized carbons (Fsp3) is 0.529. The molecule has 106 valence electrons. The molecule has 3 N–H and O–H groups in total. The zero-order valence-corrected chi connectivity index (χ0v) is 11.8. The highest BCUT2D eigenvalue weighted by atomic mass is 16.3. The van der Waals surface area contributed by atoms with Crippen LogP contribution in [0.1, 0.15) is 37.7 Å². The standard InChI is InChI=1S/C17H22N2O/c20-17(5-1-4-16(17)6-8-18-9-7-16)15-3-2-13-11-19-12-14(13)10-15/h2-3,10-12,18-20H,1,4-9H2. The summed E-state index contributed by atoms with van der Waals surface area (Å²) in [6.07, 6.45) is 9.43. The molecule has 1 spiro atoms. The first-order chi connectivity index (χ1) is 9.74. The van der Waals surface area contributed by atoms with E-state index in [4.69, 9.17) is 0 Å². The van der Waals surface area contributed by atoms with Gasteiger partial charge in [-0.15, -0.1) is 0 Å². The molecule has 2 aromatic rings. The van der Waals surface area contributed by atoms with Gasteiger partial charge in [-0.2, -0.15) is 0 Å². The van der Waals surface area contributed by atoms with Gasteiger partial charge in [0.05, 0.1) is 5.60 Å². The normalized spacial score (nSPS) is 29.2. The van der Waals surface area contributed by atoms with Crippen molar-refractivity contribution in [1.82, 2.24) is 10.3 Å². The second-order valence-corrected chi connectivity index (χ2v) is 6.54. The van der Waals surface area contributed by atoms with Gasteiger partial charge in [-0.05, 0) is 67.6 Å². The minimum absolute atomic E-state index is 0.0855. The van der Waals surface area contributed by atoms with Crippen LogP contribution in [0.2, 0.25) is 0 Å². The first-order valence-electron chi connectivity index (χ1n) is 7.74. The minimum Gasteiger partial charge on any atom is -0.385 e. The number of benzene rings is 1. The Bertz CT molecular complexity index is 627. The summed E-state index contributed by atoms with van der Waals surface area (Å²) in [5.74, 6) is 0. The topological polar surface area (TPSA) is 48.0 Å². The lowest BCUT2D eigenvalue weighted by Crippen LogP contribution is -2.48. The lowest BCUT2D eigenvalue weighted by atomic mass is 9.65. The van der Waals surface area contributed by atoms with Crippen molar-refractivity contribution in [2.45, 2.75) is 37.7 Å². The Labute approximate surface area is 119 Å². The van der Waals surface area contributed by atoms with E-state index in [1.54, 1.807) is 0 Å².